The maximum Gasteiger partial charge on any atom is 0.210 e. The highest BCUT2D eigenvalue weighted by atomic mass is 32.2. The molecule has 1 fully saturated rings. The zero-order valence-electron chi connectivity index (χ0n) is 5.79. The largest absolute Gasteiger partial charge is 0.302 e. The van der Waals surface area contributed by atoms with Crippen LogP contribution in [0.15, 0.2) is 0 Å². The number of aldehydes is 1. The monoisotopic (exact) mass is 176 g/mol. The molecule has 0 aromatic carbocycles. The molecule has 0 saturated carbocycles. The molecule has 0 amide bonds. The number of carbonyl (C=O) groups excluding carboxylic acids is 2. The van der Waals surface area contributed by atoms with E-state index in [2.05, 4.69) is 0 Å². The fraction of sp³-hybridized carbons (Fsp3) is 0.667. The summed E-state index contributed by atoms with van der Waals surface area (Å²) in [7, 11) is 0. The van der Waals surface area contributed by atoms with Gasteiger partial charge in [-0.15, -0.1) is 11.8 Å². The van der Waals surface area contributed by atoms with E-state index in [1.807, 2.05) is 13.8 Å². The molecular weight excluding hydrogens is 168 g/mol. The van der Waals surface area contributed by atoms with E-state index in [1.165, 1.54) is 23.5 Å². The number of hydrogen-bond acceptors (Lipinski definition) is 4. The molecule has 1 heterocycles. The topological polar surface area (TPSA) is 34.1 Å². The van der Waals surface area contributed by atoms with Gasteiger partial charge < -0.3 is 4.79 Å². The molecule has 0 N–H and O–H groups in total. The van der Waals surface area contributed by atoms with E-state index < -0.39 is 5.25 Å². The molecule has 0 unspecified atom stereocenters. The van der Waals surface area contributed by atoms with Gasteiger partial charge >= 0.3 is 0 Å². The molecule has 1 rings (SSSR count). The van der Waals surface area contributed by atoms with Gasteiger partial charge in [0.15, 0.2) is 0 Å². The van der Waals surface area contributed by atoms with Crippen LogP contribution in [0.4, 0.5) is 0 Å². The van der Waals surface area contributed by atoms with Gasteiger partial charge in [-0.3, -0.25) is 4.79 Å². The van der Waals surface area contributed by atoms with Crippen LogP contribution in [0.3, 0.4) is 0 Å². The summed E-state index contributed by atoms with van der Waals surface area (Å²) in [6.07, 6.45) is 0.717. The van der Waals surface area contributed by atoms with Crippen molar-refractivity contribution in [1.29, 1.82) is 0 Å². The SMILES string of the molecule is CC1(C)SC(=O)[C@H](C=O)S1. The number of thioether (sulfide) groups is 2. The number of hydrogen-bond donors (Lipinski definition) is 0. The second kappa shape index (κ2) is 2.58. The minimum Gasteiger partial charge on any atom is -0.302 e. The van der Waals surface area contributed by atoms with Crippen LogP contribution in [0.2, 0.25) is 0 Å². The van der Waals surface area contributed by atoms with Crippen molar-refractivity contribution in [3.63, 3.8) is 0 Å². The van der Waals surface area contributed by atoms with E-state index in [0.29, 0.717) is 0 Å². The van der Waals surface area contributed by atoms with Gasteiger partial charge in [0.05, 0.1) is 4.08 Å². The third kappa shape index (κ3) is 1.55. The van der Waals surface area contributed by atoms with Gasteiger partial charge in [-0.2, -0.15) is 0 Å². The van der Waals surface area contributed by atoms with E-state index in [0.717, 1.165) is 6.29 Å². The van der Waals surface area contributed by atoms with Crippen molar-refractivity contribution in [3.05, 3.63) is 0 Å². The molecule has 1 saturated heterocycles. The minimum atomic E-state index is -0.431. The van der Waals surface area contributed by atoms with Gasteiger partial charge in [0.1, 0.15) is 11.5 Å². The Bertz CT molecular complexity index is 177. The number of carbonyl (C=O) groups is 2. The molecule has 1 aliphatic heterocycles. The number of rotatable bonds is 1. The highest BCUT2D eigenvalue weighted by molar-refractivity contribution is 8.31. The second-order valence-corrected chi connectivity index (χ2v) is 6.15. The fourth-order valence-corrected chi connectivity index (χ4v) is 3.22. The summed E-state index contributed by atoms with van der Waals surface area (Å²) in [5.41, 5.74) is 0. The molecule has 0 spiro atoms. The predicted octanol–water partition coefficient (Wildman–Crippen LogP) is 1.30. The summed E-state index contributed by atoms with van der Waals surface area (Å²) < 4.78 is -0.108. The maximum atomic E-state index is 10.9. The molecule has 10 heavy (non-hydrogen) atoms. The highest BCUT2D eigenvalue weighted by Gasteiger charge is 2.39. The minimum absolute atomic E-state index is 0.00926. The first-order valence-electron chi connectivity index (χ1n) is 2.91. The van der Waals surface area contributed by atoms with Crippen molar-refractivity contribution < 1.29 is 9.59 Å². The first kappa shape index (κ1) is 8.14. The van der Waals surface area contributed by atoms with Crippen LogP contribution >= 0.6 is 23.5 Å². The molecule has 0 aliphatic carbocycles. The van der Waals surface area contributed by atoms with Gasteiger partial charge in [0.2, 0.25) is 5.12 Å². The van der Waals surface area contributed by atoms with E-state index in [4.69, 9.17) is 0 Å². The Labute approximate surface area is 68.1 Å². The lowest BCUT2D eigenvalue weighted by atomic mass is 10.5. The Morgan fingerprint density at radius 1 is 1.60 bits per heavy atom. The van der Waals surface area contributed by atoms with Gasteiger partial charge in [-0.25, -0.2) is 0 Å². The summed E-state index contributed by atoms with van der Waals surface area (Å²) in [6.45, 7) is 3.90. The second-order valence-electron chi connectivity index (χ2n) is 2.50. The Hall–Kier alpha value is 0.0400. The van der Waals surface area contributed by atoms with Crippen molar-refractivity contribution in [2.75, 3.05) is 0 Å². The van der Waals surface area contributed by atoms with Crippen molar-refractivity contribution in [2.45, 2.75) is 23.2 Å². The van der Waals surface area contributed by atoms with Gasteiger partial charge in [-0.1, -0.05) is 11.8 Å². The first-order chi connectivity index (χ1) is 4.55. The van der Waals surface area contributed by atoms with Crippen LogP contribution in [0.1, 0.15) is 13.8 Å². The molecule has 0 aromatic heterocycles. The smallest absolute Gasteiger partial charge is 0.210 e. The van der Waals surface area contributed by atoms with E-state index in [9.17, 15) is 9.59 Å². The predicted molar refractivity (Wildman–Crippen MR) is 44.1 cm³/mol. The lowest BCUT2D eigenvalue weighted by Gasteiger charge is -2.11. The molecule has 0 bridgehead atoms. The lowest BCUT2D eigenvalue weighted by molar-refractivity contribution is -0.115. The van der Waals surface area contributed by atoms with Gasteiger partial charge in [0, 0.05) is 0 Å². The molecule has 1 atom stereocenters. The van der Waals surface area contributed by atoms with Crippen molar-refractivity contribution in [1.82, 2.24) is 0 Å². The van der Waals surface area contributed by atoms with Crippen LogP contribution in [0.25, 0.3) is 0 Å². The molecule has 4 heteroatoms. The van der Waals surface area contributed by atoms with Crippen molar-refractivity contribution in [2.24, 2.45) is 0 Å². The highest BCUT2D eigenvalue weighted by Crippen LogP contribution is 2.47. The Morgan fingerprint density at radius 2 is 2.20 bits per heavy atom. The summed E-state index contributed by atoms with van der Waals surface area (Å²) in [4.78, 5) is 21.2. The zero-order chi connectivity index (χ0) is 7.78. The third-order valence-corrected chi connectivity index (χ3v) is 3.89. The van der Waals surface area contributed by atoms with Crippen LogP contribution < -0.4 is 0 Å². The van der Waals surface area contributed by atoms with Crippen LogP contribution in [0.5, 0.6) is 0 Å². The normalized spacial score (nSPS) is 30.6. The van der Waals surface area contributed by atoms with Crippen LogP contribution in [-0.2, 0) is 9.59 Å². The summed E-state index contributed by atoms with van der Waals surface area (Å²) >= 11 is 2.67. The van der Waals surface area contributed by atoms with Crippen molar-refractivity contribution >= 4 is 34.9 Å². The first-order valence-corrected chi connectivity index (χ1v) is 4.61. The summed E-state index contributed by atoms with van der Waals surface area (Å²) in [5, 5.41) is -0.440. The quantitative estimate of drug-likeness (QED) is 0.445. The Morgan fingerprint density at radius 3 is 2.40 bits per heavy atom. The van der Waals surface area contributed by atoms with E-state index in [1.54, 1.807) is 0 Å². The summed E-state index contributed by atoms with van der Waals surface area (Å²) in [5.74, 6) is 0. The van der Waals surface area contributed by atoms with E-state index >= 15 is 0 Å². The van der Waals surface area contributed by atoms with Crippen LogP contribution in [0, 0.1) is 0 Å². The van der Waals surface area contributed by atoms with E-state index in [-0.39, 0.29) is 9.19 Å². The third-order valence-electron chi connectivity index (χ3n) is 1.11. The Balaban J connectivity index is 2.70. The summed E-state index contributed by atoms with van der Waals surface area (Å²) in [6, 6.07) is 0. The molecular formula is C6H8O2S2. The fourth-order valence-electron chi connectivity index (χ4n) is 0.762. The molecule has 56 valence electrons. The molecule has 0 aromatic rings. The van der Waals surface area contributed by atoms with Crippen LogP contribution in [-0.4, -0.2) is 20.7 Å². The average molecular weight is 176 g/mol. The average Bonchev–Trinajstić information content (AvgIpc) is 2.05. The molecule has 2 nitrogen and oxygen atoms in total. The van der Waals surface area contributed by atoms with Gasteiger partial charge in [0.25, 0.3) is 0 Å². The Kier molecular flexibility index (Phi) is 2.10. The maximum absolute atomic E-state index is 10.9. The standard InChI is InChI=1S/C6H8O2S2/c1-6(2)9-4(3-7)5(8)10-6/h3-4H,1-2H3/t4-/m0/s1. The zero-order valence-corrected chi connectivity index (χ0v) is 7.42. The molecule has 0 radical (unpaired) electrons. The van der Waals surface area contributed by atoms with Gasteiger partial charge in [-0.05, 0) is 13.8 Å². The molecule has 1 aliphatic rings. The van der Waals surface area contributed by atoms with Crippen molar-refractivity contribution in [3.8, 4) is 0 Å². The lowest BCUT2D eigenvalue weighted by Crippen LogP contribution is -2.08.